The molecule has 0 aromatic heterocycles. The molecule has 0 fully saturated rings. The third-order valence-corrected chi connectivity index (χ3v) is 4.57. The highest BCUT2D eigenvalue weighted by molar-refractivity contribution is 6.09. The fraction of sp³-hybridized carbons (Fsp3) is 0.0385. The quantitative estimate of drug-likeness (QED) is 0.355. The summed E-state index contributed by atoms with van der Waals surface area (Å²) < 4.78 is 5.22. The van der Waals surface area contributed by atoms with E-state index < -0.39 is 17.8 Å². The van der Waals surface area contributed by atoms with Crippen molar-refractivity contribution in [2.24, 2.45) is 0 Å². The fourth-order valence-corrected chi connectivity index (χ4v) is 2.91. The molecule has 0 bridgehead atoms. The van der Waals surface area contributed by atoms with Crippen molar-refractivity contribution >= 4 is 29.5 Å². The fourth-order valence-electron chi connectivity index (χ4n) is 2.91. The van der Waals surface area contributed by atoms with Crippen molar-refractivity contribution < 1.29 is 24.2 Å². The van der Waals surface area contributed by atoms with Gasteiger partial charge in [-0.1, -0.05) is 60.7 Å². The number of methoxy groups -OCH3 is 1. The molecule has 3 N–H and O–H groups in total. The molecule has 0 aliphatic rings. The first-order valence-corrected chi connectivity index (χ1v) is 10.0. The molecule has 166 valence electrons. The Labute approximate surface area is 191 Å². The van der Waals surface area contributed by atoms with Crippen LogP contribution in [0.3, 0.4) is 0 Å². The van der Waals surface area contributed by atoms with Crippen LogP contribution in [0.25, 0.3) is 6.08 Å². The van der Waals surface area contributed by atoms with Crippen molar-refractivity contribution in [1.29, 1.82) is 0 Å². The van der Waals surface area contributed by atoms with Crippen molar-refractivity contribution in [1.82, 2.24) is 5.32 Å². The summed E-state index contributed by atoms with van der Waals surface area (Å²) in [6.07, 6.45) is 4.89. The number of anilines is 1. The summed E-state index contributed by atoms with van der Waals surface area (Å²) in [6, 6.07) is 22.0. The molecule has 2 amide bonds. The van der Waals surface area contributed by atoms with Crippen molar-refractivity contribution in [3.05, 3.63) is 113 Å². The second-order valence-corrected chi connectivity index (χ2v) is 6.84. The van der Waals surface area contributed by atoms with Gasteiger partial charge >= 0.3 is 5.97 Å². The zero-order valence-corrected chi connectivity index (χ0v) is 17.8. The van der Waals surface area contributed by atoms with Crippen LogP contribution >= 0.6 is 0 Å². The van der Waals surface area contributed by atoms with Gasteiger partial charge in [-0.2, -0.15) is 0 Å². The maximum Gasteiger partial charge on any atom is 0.335 e. The summed E-state index contributed by atoms with van der Waals surface area (Å²) >= 11 is 0. The molecule has 7 heteroatoms. The minimum Gasteiger partial charge on any atom is -0.495 e. The third-order valence-electron chi connectivity index (χ3n) is 4.57. The average molecular weight is 442 g/mol. The van der Waals surface area contributed by atoms with Crippen molar-refractivity contribution in [3.8, 4) is 5.75 Å². The van der Waals surface area contributed by atoms with Gasteiger partial charge in [-0.3, -0.25) is 9.59 Å². The van der Waals surface area contributed by atoms with E-state index in [0.29, 0.717) is 5.56 Å². The molecule has 33 heavy (non-hydrogen) atoms. The first-order valence-electron chi connectivity index (χ1n) is 10.0. The highest BCUT2D eigenvalue weighted by Gasteiger charge is 2.17. The number of rotatable bonds is 8. The first-order chi connectivity index (χ1) is 16.0. The van der Waals surface area contributed by atoms with E-state index in [0.717, 1.165) is 5.56 Å². The zero-order valence-electron chi connectivity index (χ0n) is 17.8. The molecule has 0 spiro atoms. The lowest BCUT2D eigenvalue weighted by Gasteiger charge is -2.13. The smallest absolute Gasteiger partial charge is 0.335 e. The molecule has 0 unspecified atom stereocenters. The second kappa shape index (κ2) is 11.1. The molecular formula is C26H22N2O5. The van der Waals surface area contributed by atoms with E-state index in [1.807, 2.05) is 30.3 Å². The van der Waals surface area contributed by atoms with Crippen LogP contribution in [-0.4, -0.2) is 30.0 Å². The number of benzene rings is 3. The molecule has 0 heterocycles. The predicted molar refractivity (Wildman–Crippen MR) is 126 cm³/mol. The molecule has 0 saturated heterocycles. The van der Waals surface area contributed by atoms with E-state index in [1.165, 1.54) is 31.4 Å². The summed E-state index contributed by atoms with van der Waals surface area (Å²) in [4.78, 5) is 37.0. The topological polar surface area (TPSA) is 105 Å². The Balaban J connectivity index is 1.89. The van der Waals surface area contributed by atoms with Gasteiger partial charge in [-0.25, -0.2) is 4.79 Å². The second-order valence-electron chi connectivity index (χ2n) is 6.84. The lowest BCUT2D eigenvalue weighted by molar-refractivity contribution is -0.113. The van der Waals surface area contributed by atoms with Gasteiger partial charge < -0.3 is 20.5 Å². The number of allylic oxidation sites excluding steroid dienone is 2. The Hall–Kier alpha value is -4.65. The summed E-state index contributed by atoms with van der Waals surface area (Å²) in [7, 11) is 1.40. The minimum absolute atomic E-state index is 0.0195. The summed E-state index contributed by atoms with van der Waals surface area (Å²) in [6.45, 7) is 0. The van der Waals surface area contributed by atoms with Crippen molar-refractivity contribution in [2.75, 3.05) is 12.4 Å². The van der Waals surface area contributed by atoms with Crippen LogP contribution in [0.1, 0.15) is 26.3 Å². The number of amides is 2. The van der Waals surface area contributed by atoms with Gasteiger partial charge in [0.1, 0.15) is 11.4 Å². The monoisotopic (exact) mass is 442 g/mol. The molecule has 3 rings (SSSR count). The Morgan fingerprint density at radius 3 is 2.18 bits per heavy atom. The Morgan fingerprint density at radius 1 is 0.879 bits per heavy atom. The molecule has 3 aromatic carbocycles. The molecule has 0 atom stereocenters. The molecule has 0 aliphatic carbocycles. The van der Waals surface area contributed by atoms with E-state index in [-0.39, 0.29) is 22.7 Å². The molecule has 7 nitrogen and oxygen atoms in total. The van der Waals surface area contributed by atoms with E-state index in [9.17, 15) is 19.5 Å². The standard InChI is InChI=1S/C26H22N2O5/c1-33-23-16-15-20(26(31)32)17-22(23)28-25(30)21(14-8-11-18-9-4-2-5-10-18)27-24(29)19-12-6-3-7-13-19/h2-17H,1H3,(H,27,29)(H,28,30)(H,31,32). The van der Waals surface area contributed by atoms with E-state index in [2.05, 4.69) is 10.6 Å². The zero-order chi connectivity index (χ0) is 23.6. The number of carbonyl (C=O) groups is 3. The Kier molecular flexibility index (Phi) is 7.75. The van der Waals surface area contributed by atoms with E-state index >= 15 is 0 Å². The Bertz CT molecular complexity index is 1200. The SMILES string of the molecule is COc1ccc(C(=O)O)cc1NC(=O)C(=CC=Cc1ccccc1)NC(=O)c1ccccc1. The van der Waals surface area contributed by atoms with Crippen molar-refractivity contribution in [2.45, 2.75) is 0 Å². The average Bonchev–Trinajstić information content (AvgIpc) is 2.84. The highest BCUT2D eigenvalue weighted by Crippen LogP contribution is 2.26. The van der Waals surface area contributed by atoms with Gasteiger partial charge in [-0.15, -0.1) is 0 Å². The van der Waals surface area contributed by atoms with Gasteiger partial charge in [0.25, 0.3) is 11.8 Å². The van der Waals surface area contributed by atoms with Crippen molar-refractivity contribution in [3.63, 3.8) is 0 Å². The largest absolute Gasteiger partial charge is 0.495 e. The van der Waals surface area contributed by atoms with Gasteiger partial charge in [-0.05, 0) is 42.0 Å². The molecule has 3 aromatic rings. The van der Waals surface area contributed by atoms with Crippen LogP contribution in [0.2, 0.25) is 0 Å². The van der Waals surface area contributed by atoms with E-state index in [4.69, 9.17) is 4.74 Å². The maximum atomic E-state index is 13.0. The van der Waals surface area contributed by atoms with Crippen LogP contribution in [0.15, 0.2) is 96.7 Å². The number of carboxylic acids is 1. The summed E-state index contributed by atoms with van der Waals surface area (Å²) in [5.74, 6) is -1.97. The highest BCUT2D eigenvalue weighted by atomic mass is 16.5. The first kappa shape index (κ1) is 23.0. The predicted octanol–water partition coefficient (Wildman–Crippen LogP) is 4.36. The number of hydrogen-bond donors (Lipinski definition) is 3. The van der Waals surface area contributed by atoms with E-state index in [1.54, 1.807) is 42.5 Å². The molecular weight excluding hydrogens is 420 g/mol. The maximum absolute atomic E-state index is 13.0. The molecule has 0 aliphatic heterocycles. The van der Waals surface area contributed by atoms with Crippen LogP contribution in [-0.2, 0) is 4.79 Å². The number of carbonyl (C=O) groups excluding carboxylic acids is 2. The van der Waals surface area contributed by atoms with Crippen LogP contribution in [0.4, 0.5) is 5.69 Å². The van der Waals surface area contributed by atoms with Gasteiger partial charge in [0.15, 0.2) is 0 Å². The number of carboxylic acid groups (broad SMARTS) is 1. The van der Waals surface area contributed by atoms with Gasteiger partial charge in [0, 0.05) is 5.56 Å². The Morgan fingerprint density at radius 2 is 1.55 bits per heavy atom. The minimum atomic E-state index is -1.15. The number of nitrogens with one attached hydrogen (secondary N) is 2. The van der Waals surface area contributed by atoms with Crippen LogP contribution < -0.4 is 15.4 Å². The number of aromatic carboxylic acids is 1. The van der Waals surface area contributed by atoms with Gasteiger partial charge in [0.2, 0.25) is 0 Å². The third kappa shape index (κ3) is 6.41. The summed E-state index contributed by atoms with van der Waals surface area (Å²) in [5.41, 5.74) is 1.41. The molecule has 0 saturated carbocycles. The summed E-state index contributed by atoms with van der Waals surface area (Å²) in [5, 5.41) is 14.5. The van der Waals surface area contributed by atoms with Gasteiger partial charge in [0.05, 0.1) is 18.4 Å². The number of hydrogen-bond acceptors (Lipinski definition) is 4. The number of ether oxygens (including phenoxy) is 1. The lowest BCUT2D eigenvalue weighted by atomic mass is 10.1. The lowest BCUT2D eigenvalue weighted by Crippen LogP contribution is -2.30. The molecule has 0 radical (unpaired) electrons. The van der Waals surface area contributed by atoms with Crippen LogP contribution in [0, 0.1) is 0 Å². The van der Waals surface area contributed by atoms with Crippen LogP contribution in [0.5, 0.6) is 5.75 Å². The normalized spacial score (nSPS) is 11.1.